The van der Waals surface area contributed by atoms with Crippen LogP contribution in [0.1, 0.15) is 51.4 Å². The molecule has 3 aliphatic rings. The van der Waals surface area contributed by atoms with Gasteiger partial charge >= 0.3 is 12.1 Å². The standard InChI is InChI=1S/C19H28F3N3O3/c20-19(21,22)18(28)24-10-5-9-23(12-13-24)17(27)15-8-4-11-25(15)16(26)14-6-2-1-3-7-14/h14-15H,1-13H2/t15-/m1/s1. The van der Waals surface area contributed by atoms with Crippen LogP contribution in [-0.2, 0) is 14.4 Å². The quantitative estimate of drug-likeness (QED) is 0.710. The predicted molar refractivity (Wildman–Crippen MR) is 95.1 cm³/mol. The number of hydrogen-bond acceptors (Lipinski definition) is 3. The second-order valence-corrected chi connectivity index (χ2v) is 7.99. The van der Waals surface area contributed by atoms with Crippen LogP contribution in [-0.4, -0.2) is 77.4 Å². The first-order valence-electron chi connectivity index (χ1n) is 10.2. The van der Waals surface area contributed by atoms with E-state index >= 15 is 0 Å². The van der Waals surface area contributed by atoms with Gasteiger partial charge in [-0.3, -0.25) is 14.4 Å². The minimum atomic E-state index is -4.89. The minimum absolute atomic E-state index is 0.00816. The number of nitrogens with zero attached hydrogens (tertiary/aromatic N) is 3. The van der Waals surface area contributed by atoms with Crippen LogP contribution in [0.2, 0.25) is 0 Å². The topological polar surface area (TPSA) is 60.9 Å². The zero-order valence-electron chi connectivity index (χ0n) is 16.0. The Bertz CT molecular complexity index is 605. The van der Waals surface area contributed by atoms with Crippen LogP contribution < -0.4 is 0 Å². The first kappa shape index (κ1) is 20.9. The Morgan fingerprint density at radius 1 is 0.679 bits per heavy atom. The molecule has 2 saturated heterocycles. The molecule has 0 aromatic rings. The first-order valence-corrected chi connectivity index (χ1v) is 10.2. The lowest BCUT2D eigenvalue weighted by Gasteiger charge is -2.33. The number of carbonyl (C=O) groups is 3. The Morgan fingerprint density at radius 3 is 2.00 bits per heavy atom. The Kier molecular flexibility index (Phi) is 6.50. The number of halogens is 3. The fourth-order valence-electron chi connectivity index (χ4n) is 4.60. The van der Waals surface area contributed by atoms with E-state index in [1.807, 2.05) is 0 Å². The molecule has 2 heterocycles. The third-order valence-electron chi connectivity index (χ3n) is 6.11. The van der Waals surface area contributed by atoms with Crippen LogP contribution in [0.5, 0.6) is 0 Å². The normalized spacial score (nSPS) is 25.0. The molecule has 1 saturated carbocycles. The average Bonchev–Trinajstić information content (AvgIpc) is 3.04. The van der Waals surface area contributed by atoms with E-state index in [9.17, 15) is 27.6 Å². The molecule has 0 bridgehead atoms. The summed E-state index contributed by atoms with van der Waals surface area (Å²) in [6.07, 6.45) is 1.73. The van der Waals surface area contributed by atoms with Gasteiger partial charge in [-0.05, 0) is 32.1 Å². The van der Waals surface area contributed by atoms with Crippen molar-refractivity contribution in [2.45, 2.75) is 63.6 Å². The summed E-state index contributed by atoms with van der Waals surface area (Å²) in [7, 11) is 0. The molecule has 3 fully saturated rings. The van der Waals surface area contributed by atoms with Crippen molar-refractivity contribution in [1.29, 1.82) is 0 Å². The van der Waals surface area contributed by atoms with Crippen molar-refractivity contribution < 1.29 is 27.6 Å². The monoisotopic (exact) mass is 403 g/mol. The zero-order chi connectivity index (χ0) is 20.3. The molecule has 1 atom stereocenters. The lowest BCUT2D eigenvalue weighted by molar-refractivity contribution is -0.185. The molecule has 0 unspecified atom stereocenters. The summed E-state index contributed by atoms with van der Waals surface area (Å²) < 4.78 is 38.0. The molecule has 0 N–H and O–H groups in total. The summed E-state index contributed by atoms with van der Waals surface area (Å²) in [5.74, 6) is -2.00. The molecule has 3 amide bonds. The summed E-state index contributed by atoms with van der Waals surface area (Å²) in [6.45, 7) is 0.800. The smallest absolute Gasteiger partial charge is 0.339 e. The molecular formula is C19H28F3N3O3. The maximum absolute atomic E-state index is 13.0. The summed E-state index contributed by atoms with van der Waals surface area (Å²) >= 11 is 0. The maximum Gasteiger partial charge on any atom is 0.471 e. The highest BCUT2D eigenvalue weighted by molar-refractivity contribution is 5.89. The molecule has 6 nitrogen and oxygen atoms in total. The van der Waals surface area contributed by atoms with Crippen LogP contribution in [0.25, 0.3) is 0 Å². The number of amides is 3. The zero-order valence-corrected chi connectivity index (χ0v) is 16.0. The lowest BCUT2D eigenvalue weighted by Crippen LogP contribution is -2.50. The molecular weight excluding hydrogens is 375 g/mol. The second kappa shape index (κ2) is 8.69. The van der Waals surface area contributed by atoms with Gasteiger partial charge in [-0.15, -0.1) is 0 Å². The number of rotatable bonds is 2. The van der Waals surface area contributed by atoms with Gasteiger partial charge < -0.3 is 14.7 Å². The van der Waals surface area contributed by atoms with E-state index in [1.54, 1.807) is 4.90 Å². The number of likely N-dealkylation sites (tertiary alicyclic amines) is 1. The third kappa shape index (κ3) is 4.60. The van der Waals surface area contributed by atoms with E-state index in [2.05, 4.69) is 0 Å². The van der Waals surface area contributed by atoms with Crippen LogP contribution in [0.4, 0.5) is 13.2 Å². The SMILES string of the molecule is O=C([C@H]1CCCN1C(=O)C1CCCCC1)N1CCCN(C(=O)C(F)(F)F)CC1. The molecule has 9 heteroatoms. The summed E-state index contributed by atoms with van der Waals surface area (Å²) in [6, 6.07) is -0.515. The van der Waals surface area contributed by atoms with Gasteiger partial charge in [-0.2, -0.15) is 13.2 Å². The van der Waals surface area contributed by atoms with E-state index in [0.29, 0.717) is 25.9 Å². The largest absolute Gasteiger partial charge is 0.471 e. The fourth-order valence-corrected chi connectivity index (χ4v) is 4.60. The van der Waals surface area contributed by atoms with Crippen molar-refractivity contribution in [1.82, 2.24) is 14.7 Å². The molecule has 158 valence electrons. The van der Waals surface area contributed by atoms with Gasteiger partial charge in [-0.1, -0.05) is 19.3 Å². The van der Waals surface area contributed by atoms with Crippen molar-refractivity contribution in [3.8, 4) is 0 Å². The highest BCUT2D eigenvalue weighted by Gasteiger charge is 2.44. The van der Waals surface area contributed by atoms with Crippen LogP contribution >= 0.6 is 0 Å². The third-order valence-corrected chi connectivity index (χ3v) is 6.11. The van der Waals surface area contributed by atoms with Gasteiger partial charge in [0, 0.05) is 38.6 Å². The van der Waals surface area contributed by atoms with Gasteiger partial charge in [0.2, 0.25) is 11.8 Å². The highest BCUT2D eigenvalue weighted by atomic mass is 19.4. The summed E-state index contributed by atoms with van der Waals surface area (Å²) in [4.78, 5) is 41.4. The Balaban J connectivity index is 1.61. The molecule has 2 aliphatic heterocycles. The van der Waals surface area contributed by atoms with Crippen LogP contribution in [0.3, 0.4) is 0 Å². The molecule has 0 spiro atoms. The Labute approximate surface area is 163 Å². The van der Waals surface area contributed by atoms with Gasteiger partial charge in [0.25, 0.3) is 0 Å². The van der Waals surface area contributed by atoms with Crippen molar-refractivity contribution in [3.63, 3.8) is 0 Å². The van der Waals surface area contributed by atoms with Gasteiger partial charge in [0.05, 0.1) is 0 Å². The lowest BCUT2D eigenvalue weighted by atomic mass is 9.88. The second-order valence-electron chi connectivity index (χ2n) is 7.99. The van der Waals surface area contributed by atoms with Crippen LogP contribution in [0, 0.1) is 5.92 Å². The Morgan fingerprint density at radius 2 is 1.32 bits per heavy atom. The molecule has 0 aromatic carbocycles. The van der Waals surface area contributed by atoms with E-state index < -0.39 is 18.1 Å². The number of alkyl halides is 3. The average molecular weight is 403 g/mol. The summed E-state index contributed by atoms with van der Waals surface area (Å²) in [5.41, 5.74) is 0. The summed E-state index contributed by atoms with van der Waals surface area (Å²) in [5, 5.41) is 0. The minimum Gasteiger partial charge on any atom is -0.339 e. The van der Waals surface area contributed by atoms with E-state index in [-0.39, 0.29) is 37.4 Å². The molecule has 1 aliphatic carbocycles. The van der Waals surface area contributed by atoms with Gasteiger partial charge in [0.1, 0.15) is 6.04 Å². The van der Waals surface area contributed by atoms with E-state index in [1.165, 1.54) is 4.90 Å². The fraction of sp³-hybridized carbons (Fsp3) is 0.842. The van der Waals surface area contributed by atoms with Gasteiger partial charge in [0.15, 0.2) is 0 Å². The van der Waals surface area contributed by atoms with Crippen LogP contribution in [0.15, 0.2) is 0 Å². The van der Waals surface area contributed by atoms with Crippen molar-refractivity contribution in [3.05, 3.63) is 0 Å². The van der Waals surface area contributed by atoms with Gasteiger partial charge in [-0.25, -0.2) is 0 Å². The first-order chi connectivity index (χ1) is 13.3. The Hall–Kier alpha value is -1.80. The van der Waals surface area contributed by atoms with Crippen molar-refractivity contribution >= 4 is 17.7 Å². The highest BCUT2D eigenvalue weighted by Crippen LogP contribution is 2.29. The maximum atomic E-state index is 13.0. The van der Waals surface area contributed by atoms with Crippen molar-refractivity contribution in [2.24, 2.45) is 5.92 Å². The van der Waals surface area contributed by atoms with E-state index in [4.69, 9.17) is 0 Å². The number of carbonyl (C=O) groups excluding carboxylic acids is 3. The molecule has 28 heavy (non-hydrogen) atoms. The molecule has 0 aromatic heterocycles. The van der Waals surface area contributed by atoms with Crippen molar-refractivity contribution in [2.75, 3.05) is 32.7 Å². The number of hydrogen-bond donors (Lipinski definition) is 0. The molecule has 0 radical (unpaired) electrons. The predicted octanol–water partition coefficient (Wildman–Crippen LogP) is 2.18. The molecule has 3 rings (SSSR count). The van der Waals surface area contributed by atoms with E-state index in [0.717, 1.165) is 43.4 Å².